The fourth-order valence-electron chi connectivity index (χ4n) is 4.36. The predicted molar refractivity (Wildman–Crippen MR) is 96.1 cm³/mol. The van der Waals surface area contributed by atoms with Crippen LogP contribution < -0.4 is 4.90 Å². The van der Waals surface area contributed by atoms with Crippen molar-refractivity contribution in [3.63, 3.8) is 0 Å². The standard InChI is InChI=1S/C18H18ClN5/c1-23-7-6-18(9-23)10-24(14-5-3-2-4-12(14)18)17-15-13(19)8-20-16(15)21-11-22-17/h2-5,8,11H,6-7,9-10H2,1H3,(H,20,21,22)/t18-/m1/s1. The molecule has 2 aliphatic heterocycles. The van der Waals surface area contributed by atoms with E-state index in [1.54, 1.807) is 12.5 Å². The van der Waals surface area contributed by atoms with Gasteiger partial charge in [0.25, 0.3) is 0 Å². The Labute approximate surface area is 145 Å². The highest BCUT2D eigenvalue weighted by Crippen LogP contribution is 2.49. The smallest absolute Gasteiger partial charge is 0.147 e. The lowest BCUT2D eigenvalue weighted by Crippen LogP contribution is -2.34. The lowest BCUT2D eigenvalue weighted by atomic mass is 9.82. The molecule has 1 N–H and O–H groups in total. The highest BCUT2D eigenvalue weighted by atomic mass is 35.5. The van der Waals surface area contributed by atoms with Gasteiger partial charge < -0.3 is 14.8 Å². The van der Waals surface area contributed by atoms with E-state index >= 15 is 0 Å². The number of hydrogen-bond acceptors (Lipinski definition) is 4. The van der Waals surface area contributed by atoms with E-state index in [2.05, 4.69) is 56.1 Å². The van der Waals surface area contributed by atoms with Crippen LogP contribution in [0, 0.1) is 0 Å². The van der Waals surface area contributed by atoms with E-state index in [9.17, 15) is 0 Å². The Morgan fingerprint density at radius 2 is 2.08 bits per heavy atom. The zero-order chi connectivity index (χ0) is 16.3. The van der Waals surface area contributed by atoms with Crippen LogP contribution in [0.15, 0.2) is 36.8 Å². The van der Waals surface area contributed by atoms with E-state index in [0.29, 0.717) is 5.02 Å². The monoisotopic (exact) mass is 339 g/mol. The molecule has 4 heterocycles. The number of hydrogen-bond donors (Lipinski definition) is 1. The Morgan fingerprint density at radius 3 is 2.92 bits per heavy atom. The van der Waals surface area contributed by atoms with Crippen molar-refractivity contribution in [2.75, 3.05) is 31.6 Å². The maximum atomic E-state index is 6.41. The van der Waals surface area contributed by atoms with Crippen LogP contribution >= 0.6 is 11.6 Å². The molecule has 1 fully saturated rings. The summed E-state index contributed by atoms with van der Waals surface area (Å²) in [7, 11) is 2.20. The normalized spacial score (nSPS) is 23.5. The molecule has 3 aromatic rings. The molecule has 5 rings (SSSR count). The summed E-state index contributed by atoms with van der Waals surface area (Å²) < 4.78 is 0. The second kappa shape index (κ2) is 4.94. The van der Waals surface area contributed by atoms with Crippen molar-refractivity contribution < 1.29 is 0 Å². The summed E-state index contributed by atoms with van der Waals surface area (Å²) in [4.78, 5) is 16.8. The second-order valence-corrected chi connectivity index (χ2v) is 7.34. The van der Waals surface area contributed by atoms with Gasteiger partial charge in [-0.3, -0.25) is 0 Å². The van der Waals surface area contributed by atoms with E-state index in [1.807, 2.05) is 0 Å². The van der Waals surface area contributed by atoms with Gasteiger partial charge in [0.05, 0.1) is 10.4 Å². The van der Waals surface area contributed by atoms with Gasteiger partial charge in [-0.05, 0) is 31.6 Å². The van der Waals surface area contributed by atoms with Crippen molar-refractivity contribution in [3.05, 3.63) is 47.4 Å². The Balaban J connectivity index is 1.71. The molecule has 0 aliphatic carbocycles. The van der Waals surface area contributed by atoms with Crippen LogP contribution in [0.25, 0.3) is 11.0 Å². The largest absolute Gasteiger partial charge is 0.344 e. The summed E-state index contributed by atoms with van der Waals surface area (Å²) in [5.74, 6) is 0.894. The van der Waals surface area contributed by atoms with E-state index in [0.717, 1.165) is 36.5 Å². The van der Waals surface area contributed by atoms with Gasteiger partial charge in [0.15, 0.2) is 0 Å². The molecule has 2 aliphatic rings. The fraction of sp³-hybridized carbons (Fsp3) is 0.333. The highest BCUT2D eigenvalue weighted by Gasteiger charge is 2.47. The van der Waals surface area contributed by atoms with Crippen LogP contribution in [-0.2, 0) is 5.41 Å². The quantitative estimate of drug-likeness (QED) is 0.738. The van der Waals surface area contributed by atoms with Gasteiger partial charge in [0.1, 0.15) is 17.8 Å². The molecular formula is C18H18ClN5. The number of anilines is 2. The number of likely N-dealkylation sites (tertiary alicyclic amines) is 1. The first-order valence-corrected chi connectivity index (χ1v) is 8.59. The van der Waals surface area contributed by atoms with Crippen molar-refractivity contribution >= 4 is 34.1 Å². The third-order valence-corrected chi connectivity index (χ3v) is 5.73. The average Bonchev–Trinajstić information content (AvgIpc) is 3.26. The molecule has 122 valence electrons. The first-order valence-electron chi connectivity index (χ1n) is 8.21. The number of likely N-dealkylation sites (N-methyl/N-ethyl adjacent to an activating group) is 1. The minimum absolute atomic E-state index is 0.172. The van der Waals surface area contributed by atoms with Crippen molar-refractivity contribution in [1.82, 2.24) is 19.9 Å². The van der Waals surface area contributed by atoms with Crippen LogP contribution in [-0.4, -0.2) is 46.5 Å². The van der Waals surface area contributed by atoms with Gasteiger partial charge in [-0.1, -0.05) is 29.8 Å². The number of nitrogens with zero attached hydrogens (tertiary/aromatic N) is 4. The molecule has 0 saturated carbocycles. The third kappa shape index (κ3) is 1.85. The van der Waals surface area contributed by atoms with Crippen LogP contribution in [0.4, 0.5) is 11.5 Å². The predicted octanol–water partition coefficient (Wildman–Crippen LogP) is 3.34. The molecule has 2 aromatic heterocycles. The lowest BCUT2D eigenvalue weighted by molar-refractivity contribution is 0.378. The number of H-pyrrole nitrogens is 1. The fourth-order valence-corrected chi connectivity index (χ4v) is 4.59. The molecule has 1 atom stereocenters. The number of aromatic nitrogens is 3. The second-order valence-electron chi connectivity index (χ2n) is 6.93. The van der Waals surface area contributed by atoms with Crippen molar-refractivity contribution in [3.8, 4) is 0 Å². The molecule has 0 amide bonds. The zero-order valence-electron chi connectivity index (χ0n) is 13.5. The number of para-hydroxylation sites is 1. The van der Waals surface area contributed by atoms with Crippen molar-refractivity contribution in [2.24, 2.45) is 0 Å². The van der Waals surface area contributed by atoms with E-state index in [4.69, 9.17) is 11.6 Å². The molecule has 6 heteroatoms. The number of fused-ring (bicyclic) bond motifs is 3. The van der Waals surface area contributed by atoms with Gasteiger partial charge in [-0.25, -0.2) is 9.97 Å². The molecule has 5 nitrogen and oxygen atoms in total. The molecule has 0 radical (unpaired) electrons. The minimum atomic E-state index is 0.172. The number of nitrogens with one attached hydrogen (secondary N) is 1. The highest BCUT2D eigenvalue weighted by molar-refractivity contribution is 6.36. The van der Waals surface area contributed by atoms with Crippen LogP contribution in [0.3, 0.4) is 0 Å². The summed E-state index contributed by atoms with van der Waals surface area (Å²) in [5, 5.41) is 1.57. The summed E-state index contributed by atoms with van der Waals surface area (Å²) in [6.45, 7) is 3.15. The number of benzene rings is 1. The SMILES string of the molecule is CN1CC[C@@]2(C1)CN(c1ncnc3[nH]cc(Cl)c13)c1ccccc12. The van der Waals surface area contributed by atoms with Gasteiger partial charge in [0, 0.05) is 30.4 Å². The third-order valence-electron chi connectivity index (χ3n) is 5.43. The van der Waals surface area contributed by atoms with Crippen LogP contribution in [0.1, 0.15) is 12.0 Å². The van der Waals surface area contributed by atoms with Gasteiger partial charge in [0.2, 0.25) is 0 Å². The Morgan fingerprint density at radius 1 is 1.21 bits per heavy atom. The topological polar surface area (TPSA) is 48.1 Å². The maximum absolute atomic E-state index is 6.41. The Bertz CT molecular complexity index is 936. The van der Waals surface area contributed by atoms with Crippen molar-refractivity contribution in [2.45, 2.75) is 11.8 Å². The summed E-state index contributed by atoms with van der Waals surface area (Å²) in [6, 6.07) is 8.70. The van der Waals surface area contributed by atoms with Crippen molar-refractivity contribution in [1.29, 1.82) is 0 Å². The Hall–Kier alpha value is -2.11. The molecule has 1 spiro atoms. The van der Waals surface area contributed by atoms with Gasteiger partial charge >= 0.3 is 0 Å². The number of aromatic amines is 1. The van der Waals surface area contributed by atoms with Gasteiger partial charge in [-0.15, -0.1) is 0 Å². The Kier molecular flexibility index (Phi) is 2.94. The summed E-state index contributed by atoms with van der Waals surface area (Å²) in [5.41, 5.74) is 3.62. The molecule has 1 saturated heterocycles. The number of rotatable bonds is 1. The average molecular weight is 340 g/mol. The molecule has 0 bridgehead atoms. The molecular weight excluding hydrogens is 322 g/mol. The lowest BCUT2D eigenvalue weighted by Gasteiger charge is -2.25. The van der Waals surface area contributed by atoms with Crippen LogP contribution in [0.5, 0.6) is 0 Å². The first kappa shape index (κ1) is 14.3. The summed E-state index contributed by atoms with van der Waals surface area (Å²) in [6.07, 6.45) is 4.57. The minimum Gasteiger partial charge on any atom is -0.344 e. The maximum Gasteiger partial charge on any atom is 0.147 e. The first-order chi connectivity index (χ1) is 11.7. The van der Waals surface area contributed by atoms with Crippen LogP contribution in [0.2, 0.25) is 5.02 Å². The molecule has 0 unspecified atom stereocenters. The van der Waals surface area contributed by atoms with E-state index in [-0.39, 0.29) is 5.41 Å². The summed E-state index contributed by atoms with van der Waals surface area (Å²) >= 11 is 6.41. The van der Waals surface area contributed by atoms with E-state index < -0.39 is 0 Å². The number of halogens is 1. The molecule has 24 heavy (non-hydrogen) atoms. The van der Waals surface area contributed by atoms with Gasteiger partial charge in [-0.2, -0.15) is 0 Å². The van der Waals surface area contributed by atoms with E-state index in [1.165, 1.54) is 17.7 Å². The molecule has 1 aromatic carbocycles. The zero-order valence-corrected chi connectivity index (χ0v) is 14.2.